The van der Waals surface area contributed by atoms with Crippen LogP contribution in [0.5, 0.6) is 0 Å². The Labute approximate surface area is 95.5 Å². The molecule has 0 unspecified atom stereocenters. The van der Waals surface area contributed by atoms with Crippen molar-refractivity contribution >= 4 is 17.7 Å². The molecule has 1 N–H and O–H groups in total. The Bertz CT molecular complexity index is 278. The van der Waals surface area contributed by atoms with Crippen molar-refractivity contribution in [1.29, 1.82) is 0 Å². The summed E-state index contributed by atoms with van der Waals surface area (Å²) in [6.45, 7) is 7.36. The van der Waals surface area contributed by atoms with Gasteiger partial charge in [0.25, 0.3) is 0 Å². The first kappa shape index (κ1) is 14.6. The first-order chi connectivity index (χ1) is 7.24. The molecule has 0 aromatic rings. The molecule has 0 atom stereocenters. The molecule has 0 saturated heterocycles. The topological polar surface area (TPSA) is 72.5 Å². The van der Waals surface area contributed by atoms with Crippen LogP contribution < -0.4 is 5.32 Å². The van der Waals surface area contributed by atoms with Crippen LogP contribution in [0.25, 0.3) is 0 Å². The molecule has 0 aromatic carbocycles. The molecular weight excluding hydrogens is 210 g/mol. The third kappa shape index (κ3) is 7.96. The maximum Gasteiger partial charge on any atom is 0.313 e. The van der Waals surface area contributed by atoms with E-state index in [2.05, 4.69) is 10.1 Å². The predicted molar refractivity (Wildman–Crippen MR) is 58.8 cm³/mol. The number of amides is 1. The molecule has 0 bridgehead atoms. The standard InChI is InChI=1S/C11H19NO4/c1-5-16-10(15)7-8(13)6-9(14)12-11(2,3)4/h5-7H2,1-4H3,(H,12,14). The monoisotopic (exact) mass is 229 g/mol. The van der Waals surface area contributed by atoms with Crippen LogP contribution in [0, 0.1) is 0 Å². The number of carbonyl (C=O) groups excluding carboxylic acids is 3. The van der Waals surface area contributed by atoms with E-state index in [-0.39, 0.29) is 30.9 Å². The molecule has 16 heavy (non-hydrogen) atoms. The van der Waals surface area contributed by atoms with Crippen LogP contribution >= 0.6 is 0 Å². The second-order valence-electron chi connectivity index (χ2n) is 4.50. The highest BCUT2D eigenvalue weighted by molar-refractivity contribution is 6.05. The second-order valence-corrected chi connectivity index (χ2v) is 4.50. The van der Waals surface area contributed by atoms with Crippen molar-refractivity contribution in [3.05, 3.63) is 0 Å². The number of carbonyl (C=O) groups is 3. The SMILES string of the molecule is CCOC(=O)CC(=O)CC(=O)NC(C)(C)C. The van der Waals surface area contributed by atoms with Crippen LogP contribution in [0.15, 0.2) is 0 Å². The number of hydrogen-bond donors (Lipinski definition) is 1. The quantitative estimate of drug-likeness (QED) is 0.559. The fraction of sp³-hybridized carbons (Fsp3) is 0.727. The number of esters is 1. The van der Waals surface area contributed by atoms with Gasteiger partial charge in [-0.05, 0) is 27.7 Å². The van der Waals surface area contributed by atoms with Crippen LogP contribution in [-0.2, 0) is 19.1 Å². The van der Waals surface area contributed by atoms with E-state index in [4.69, 9.17) is 0 Å². The van der Waals surface area contributed by atoms with Gasteiger partial charge in [-0.1, -0.05) is 0 Å². The number of nitrogens with one attached hydrogen (secondary N) is 1. The minimum Gasteiger partial charge on any atom is -0.466 e. The first-order valence-corrected chi connectivity index (χ1v) is 5.23. The van der Waals surface area contributed by atoms with Gasteiger partial charge in [-0.15, -0.1) is 0 Å². The number of hydrogen-bond acceptors (Lipinski definition) is 4. The Morgan fingerprint density at radius 2 is 1.69 bits per heavy atom. The average Bonchev–Trinajstić information content (AvgIpc) is 1.98. The molecule has 0 aliphatic heterocycles. The summed E-state index contributed by atoms with van der Waals surface area (Å²) in [6, 6.07) is 0. The molecule has 0 heterocycles. The summed E-state index contributed by atoms with van der Waals surface area (Å²) in [6.07, 6.45) is -0.624. The maximum absolute atomic E-state index is 11.3. The third-order valence-electron chi connectivity index (χ3n) is 1.52. The summed E-state index contributed by atoms with van der Waals surface area (Å²) in [5, 5.41) is 2.64. The summed E-state index contributed by atoms with van der Waals surface area (Å²) in [5.41, 5.74) is -0.374. The van der Waals surface area contributed by atoms with Crippen molar-refractivity contribution in [1.82, 2.24) is 5.32 Å². The highest BCUT2D eigenvalue weighted by atomic mass is 16.5. The molecule has 5 heteroatoms. The lowest BCUT2D eigenvalue weighted by Gasteiger charge is -2.20. The molecular formula is C11H19NO4. The van der Waals surface area contributed by atoms with E-state index in [1.807, 2.05) is 20.8 Å². The average molecular weight is 229 g/mol. The Morgan fingerprint density at radius 1 is 1.12 bits per heavy atom. The molecule has 0 aromatic heterocycles. The van der Waals surface area contributed by atoms with Crippen molar-refractivity contribution < 1.29 is 19.1 Å². The normalized spacial score (nSPS) is 10.8. The van der Waals surface area contributed by atoms with E-state index < -0.39 is 11.8 Å². The van der Waals surface area contributed by atoms with Crippen LogP contribution in [-0.4, -0.2) is 29.8 Å². The largest absolute Gasteiger partial charge is 0.466 e. The number of ketones is 1. The molecule has 0 fully saturated rings. The minimum absolute atomic E-state index is 0.236. The highest BCUT2D eigenvalue weighted by Gasteiger charge is 2.18. The van der Waals surface area contributed by atoms with E-state index in [1.54, 1.807) is 6.92 Å². The molecule has 92 valence electrons. The van der Waals surface area contributed by atoms with Gasteiger partial charge in [-0.25, -0.2) is 0 Å². The van der Waals surface area contributed by atoms with E-state index >= 15 is 0 Å². The summed E-state index contributed by atoms with van der Waals surface area (Å²) in [7, 11) is 0. The Kier molecular flexibility index (Phi) is 5.71. The summed E-state index contributed by atoms with van der Waals surface area (Å²) >= 11 is 0. The first-order valence-electron chi connectivity index (χ1n) is 5.23. The molecule has 0 aliphatic carbocycles. The molecule has 5 nitrogen and oxygen atoms in total. The smallest absolute Gasteiger partial charge is 0.313 e. The van der Waals surface area contributed by atoms with Crippen LogP contribution in [0.1, 0.15) is 40.5 Å². The van der Waals surface area contributed by atoms with E-state index in [0.29, 0.717) is 0 Å². The van der Waals surface area contributed by atoms with Crippen LogP contribution in [0.2, 0.25) is 0 Å². The fourth-order valence-corrected chi connectivity index (χ4v) is 1.08. The van der Waals surface area contributed by atoms with E-state index in [1.165, 1.54) is 0 Å². The predicted octanol–water partition coefficient (Wildman–Crippen LogP) is 0.813. The Morgan fingerprint density at radius 3 is 2.12 bits per heavy atom. The van der Waals surface area contributed by atoms with E-state index in [9.17, 15) is 14.4 Å². The van der Waals surface area contributed by atoms with Gasteiger partial charge in [0.2, 0.25) is 5.91 Å². The van der Waals surface area contributed by atoms with Gasteiger partial charge in [0, 0.05) is 5.54 Å². The van der Waals surface area contributed by atoms with Crippen molar-refractivity contribution in [2.45, 2.75) is 46.1 Å². The summed E-state index contributed by atoms with van der Waals surface area (Å²) in [4.78, 5) is 33.5. The number of ether oxygens (including phenoxy) is 1. The minimum atomic E-state index is -0.587. The van der Waals surface area contributed by atoms with Gasteiger partial charge in [-0.3, -0.25) is 14.4 Å². The molecule has 0 rings (SSSR count). The summed E-state index contributed by atoms with van der Waals surface area (Å²) in [5.74, 6) is -1.39. The maximum atomic E-state index is 11.3. The van der Waals surface area contributed by atoms with Crippen molar-refractivity contribution in [3.63, 3.8) is 0 Å². The molecule has 1 amide bonds. The second kappa shape index (κ2) is 6.25. The van der Waals surface area contributed by atoms with Crippen molar-refractivity contribution in [2.24, 2.45) is 0 Å². The lowest BCUT2D eigenvalue weighted by Crippen LogP contribution is -2.41. The van der Waals surface area contributed by atoms with Crippen LogP contribution in [0.3, 0.4) is 0 Å². The zero-order valence-corrected chi connectivity index (χ0v) is 10.3. The zero-order chi connectivity index (χ0) is 12.8. The highest BCUT2D eigenvalue weighted by Crippen LogP contribution is 2.00. The third-order valence-corrected chi connectivity index (χ3v) is 1.52. The molecule has 0 spiro atoms. The van der Waals surface area contributed by atoms with Gasteiger partial charge in [0.1, 0.15) is 6.42 Å². The van der Waals surface area contributed by atoms with Gasteiger partial charge in [0.05, 0.1) is 13.0 Å². The van der Waals surface area contributed by atoms with Crippen LogP contribution in [0.4, 0.5) is 0 Å². The van der Waals surface area contributed by atoms with Gasteiger partial charge >= 0.3 is 5.97 Å². The lowest BCUT2D eigenvalue weighted by atomic mass is 10.1. The van der Waals surface area contributed by atoms with Gasteiger partial charge < -0.3 is 10.1 Å². The van der Waals surface area contributed by atoms with Gasteiger partial charge in [-0.2, -0.15) is 0 Å². The fourth-order valence-electron chi connectivity index (χ4n) is 1.08. The Hall–Kier alpha value is -1.39. The molecule has 0 aliphatic rings. The molecule has 0 saturated carbocycles. The van der Waals surface area contributed by atoms with Crippen molar-refractivity contribution in [3.8, 4) is 0 Å². The molecule has 0 radical (unpaired) electrons. The van der Waals surface area contributed by atoms with Gasteiger partial charge in [0.15, 0.2) is 5.78 Å². The number of Topliss-reactive ketones (excluding diaryl/α,β-unsaturated/α-hetero) is 1. The zero-order valence-electron chi connectivity index (χ0n) is 10.3. The lowest BCUT2D eigenvalue weighted by molar-refractivity contribution is -0.145. The van der Waals surface area contributed by atoms with Crippen molar-refractivity contribution in [2.75, 3.05) is 6.61 Å². The Balaban J connectivity index is 3.97. The number of rotatable bonds is 5. The van der Waals surface area contributed by atoms with E-state index in [0.717, 1.165) is 0 Å². The summed E-state index contributed by atoms with van der Waals surface area (Å²) < 4.78 is 4.60.